The van der Waals surface area contributed by atoms with Crippen LogP contribution < -0.4 is 10.4 Å². The topological polar surface area (TPSA) is 86.7 Å². The van der Waals surface area contributed by atoms with Crippen molar-refractivity contribution in [1.82, 2.24) is 9.38 Å². The van der Waals surface area contributed by atoms with Crippen LogP contribution in [0.2, 0.25) is 0 Å². The first kappa shape index (κ1) is 16.5. The fourth-order valence-corrected chi connectivity index (χ4v) is 2.92. The molecule has 2 aromatic heterocycles. The van der Waals surface area contributed by atoms with Crippen molar-refractivity contribution in [2.24, 2.45) is 0 Å². The van der Waals surface area contributed by atoms with Gasteiger partial charge in [0.1, 0.15) is 11.4 Å². The maximum absolute atomic E-state index is 13.1. The lowest BCUT2D eigenvalue weighted by Crippen LogP contribution is -2.18. The summed E-state index contributed by atoms with van der Waals surface area (Å²) in [5, 5.41) is 9.61. The molecule has 0 atom stereocenters. The highest BCUT2D eigenvalue weighted by molar-refractivity contribution is 5.81. The number of fused-ring (bicyclic) bond motifs is 1. The average Bonchev–Trinajstić information content (AvgIpc) is 2.69. The molecule has 0 spiro atoms. The van der Waals surface area contributed by atoms with E-state index in [1.54, 1.807) is 30.5 Å². The fourth-order valence-electron chi connectivity index (χ4n) is 2.92. The molecule has 0 amide bonds. The zero-order valence-electron chi connectivity index (χ0n) is 14.0. The molecule has 7 nitrogen and oxygen atoms in total. The van der Waals surface area contributed by atoms with E-state index in [0.717, 1.165) is 5.56 Å². The number of rotatable bonds is 4. The van der Waals surface area contributed by atoms with Crippen molar-refractivity contribution in [2.75, 3.05) is 0 Å². The van der Waals surface area contributed by atoms with Gasteiger partial charge in [0.15, 0.2) is 0 Å². The smallest absolute Gasteiger partial charge is 0.276 e. The molecule has 0 aliphatic heterocycles. The number of benzene rings is 2. The summed E-state index contributed by atoms with van der Waals surface area (Å²) in [5.74, 6) is 0.0996. The van der Waals surface area contributed by atoms with Gasteiger partial charge in [-0.3, -0.25) is 14.0 Å². The number of aromatic nitrogens is 2. The van der Waals surface area contributed by atoms with Gasteiger partial charge >= 0.3 is 0 Å². The molecule has 0 radical (unpaired) electrons. The Bertz CT molecular complexity index is 1190. The van der Waals surface area contributed by atoms with Crippen LogP contribution in [0.1, 0.15) is 0 Å². The van der Waals surface area contributed by atoms with Crippen LogP contribution in [0.25, 0.3) is 28.0 Å². The third kappa shape index (κ3) is 3.13. The number of hydrogen-bond donors (Lipinski definition) is 0. The van der Waals surface area contributed by atoms with Crippen molar-refractivity contribution in [1.29, 1.82) is 0 Å². The SMILES string of the molecule is O=c1c(-c2ccccc2)c(-c2ccc(O[N+](=O)[O-])cc2)nc2ccccn12. The van der Waals surface area contributed by atoms with Gasteiger partial charge in [0.2, 0.25) is 0 Å². The second kappa shape index (κ2) is 6.72. The summed E-state index contributed by atoms with van der Waals surface area (Å²) in [7, 11) is 0. The van der Waals surface area contributed by atoms with Gasteiger partial charge in [-0.25, -0.2) is 4.98 Å². The van der Waals surface area contributed by atoms with Gasteiger partial charge in [-0.1, -0.05) is 48.5 Å². The van der Waals surface area contributed by atoms with E-state index in [1.807, 2.05) is 36.4 Å². The van der Waals surface area contributed by atoms with E-state index in [-0.39, 0.29) is 11.3 Å². The molecule has 27 heavy (non-hydrogen) atoms. The monoisotopic (exact) mass is 359 g/mol. The summed E-state index contributed by atoms with van der Waals surface area (Å²) in [6, 6.07) is 20.8. The third-order valence-electron chi connectivity index (χ3n) is 4.10. The molecule has 0 saturated carbocycles. The molecule has 0 unspecified atom stereocenters. The van der Waals surface area contributed by atoms with E-state index < -0.39 is 5.09 Å². The Morgan fingerprint density at radius 1 is 0.889 bits per heavy atom. The molecule has 132 valence electrons. The highest BCUT2D eigenvalue weighted by atomic mass is 17.0. The zero-order valence-corrected chi connectivity index (χ0v) is 14.0. The molecular weight excluding hydrogens is 346 g/mol. The molecule has 0 aliphatic carbocycles. The van der Waals surface area contributed by atoms with Crippen molar-refractivity contribution in [3.05, 3.63) is 99.5 Å². The maximum Gasteiger partial charge on any atom is 0.299 e. The Hall–Kier alpha value is -4.00. The second-order valence-electron chi connectivity index (χ2n) is 5.77. The van der Waals surface area contributed by atoms with Crippen LogP contribution in [-0.2, 0) is 0 Å². The van der Waals surface area contributed by atoms with Gasteiger partial charge in [0, 0.05) is 11.8 Å². The molecule has 0 aliphatic rings. The minimum absolute atomic E-state index is 0.0996. The second-order valence-corrected chi connectivity index (χ2v) is 5.77. The lowest BCUT2D eigenvalue weighted by molar-refractivity contribution is -0.711. The van der Waals surface area contributed by atoms with Crippen LogP contribution in [0.5, 0.6) is 5.75 Å². The first-order valence-electron chi connectivity index (χ1n) is 8.13. The lowest BCUT2D eigenvalue weighted by Gasteiger charge is -2.11. The standard InChI is InChI=1S/C20H13N3O4/c24-20-18(14-6-2-1-3-7-14)19(21-17-8-4-5-13-22(17)20)15-9-11-16(12-10-15)27-23(25)26/h1-13H. The maximum atomic E-state index is 13.1. The van der Waals surface area contributed by atoms with Crippen molar-refractivity contribution < 1.29 is 9.92 Å². The quantitative estimate of drug-likeness (QED) is 0.410. The highest BCUT2D eigenvalue weighted by Gasteiger charge is 2.16. The van der Waals surface area contributed by atoms with E-state index in [9.17, 15) is 14.9 Å². The highest BCUT2D eigenvalue weighted by Crippen LogP contribution is 2.29. The van der Waals surface area contributed by atoms with Crippen LogP contribution in [-0.4, -0.2) is 14.5 Å². The van der Waals surface area contributed by atoms with E-state index in [0.29, 0.717) is 22.5 Å². The lowest BCUT2D eigenvalue weighted by atomic mass is 10.0. The Balaban J connectivity index is 1.96. The molecule has 2 aromatic carbocycles. The molecule has 0 fully saturated rings. The molecule has 0 bridgehead atoms. The molecule has 4 rings (SSSR count). The van der Waals surface area contributed by atoms with Crippen LogP contribution in [0.4, 0.5) is 0 Å². The van der Waals surface area contributed by atoms with Crippen molar-refractivity contribution in [2.45, 2.75) is 0 Å². The van der Waals surface area contributed by atoms with Gasteiger partial charge in [0.05, 0.1) is 11.3 Å². The summed E-state index contributed by atoms with van der Waals surface area (Å²) < 4.78 is 1.50. The number of hydrogen-bond acceptors (Lipinski definition) is 5. The van der Waals surface area contributed by atoms with Gasteiger partial charge in [-0.15, -0.1) is 10.1 Å². The number of pyridine rings is 1. The van der Waals surface area contributed by atoms with Gasteiger partial charge in [-0.2, -0.15) is 0 Å². The number of nitrogens with zero attached hydrogens (tertiary/aromatic N) is 3. The predicted molar refractivity (Wildman–Crippen MR) is 100.0 cm³/mol. The normalized spacial score (nSPS) is 10.7. The minimum Gasteiger partial charge on any atom is -0.276 e. The average molecular weight is 359 g/mol. The summed E-state index contributed by atoms with van der Waals surface area (Å²) in [6.45, 7) is 0. The summed E-state index contributed by atoms with van der Waals surface area (Å²) >= 11 is 0. The third-order valence-corrected chi connectivity index (χ3v) is 4.10. The minimum atomic E-state index is -0.870. The molecule has 7 heteroatoms. The molecular formula is C20H13N3O4. The molecule has 0 saturated heterocycles. The van der Waals surface area contributed by atoms with E-state index >= 15 is 0 Å². The van der Waals surface area contributed by atoms with Crippen molar-refractivity contribution in [3.8, 4) is 28.1 Å². The van der Waals surface area contributed by atoms with Crippen LogP contribution in [0.3, 0.4) is 0 Å². The zero-order chi connectivity index (χ0) is 18.8. The van der Waals surface area contributed by atoms with Gasteiger partial charge in [0.25, 0.3) is 10.6 Å². The van der Waals surface area contributed by atoms with Crippen LogP contribution in [0, 0.1) is 10.1 Å². The van der Waals surface area contributed by atoms with Crippen molar-refractivity contribution >= 4 is 5.65 Å². The van der Waals surface area contributed by atoms with Crippen LogP contribution >= 0.6 is 0 Å². The largest absolute Gasteiger partial charge is 0.299 e. The summed E-state index contributed by atoms with van der Waals surface area (Å²) in [5.41, 5.74) is 2.70. The summed E-state index contributed by atoms with van der Waals surface area (Å²) in [6.07, 6.45) is 1.68. The first-order chi connectivity index (χ1) is 13.1. The van der Waals surface area contributed by atoms with Crippen molar-refractivity contribution in [3.63, 3.8) is 0 Å². The predicted octanol–water partition coefficient (Wildman–Crippen LogP) is 3.60. The van der Waals surface area contributed by atoms with Gasteiger partial charge in [-0.05, 0) is 29.8 Å². The molecule has 2 heterocycles. The Labute approximate surface area is 153 Å². The molecule has 4 aromatic rings. The first-order valence-corrected chi connectivity index (χ1v) is 8.13. The van der Waals surface area contributed by atoms with E-state index in [1.165, 1.54) is 16.5 Å². The summed E-state index contributed by atoms with van der Waals surface area (Å²) in [4.78, 5) is 32.7. The van der Waals surface area contributed by atoms with E-state index in [4.69, 9.17) is 0 Å². The molecule has 0 N–H and O–H groups in total. The Morgan fingerprint density at radius 3 is 2.30 bits per heavy atom. The Morgan fingerprint density at radius 2 is 1.59 bits per heavy atom. The fraction of sp³-hybridized carbons (Fsp3) is 0. The van der Waals surface area contributed by atoms with E-state index in [2.05, 4.69) is 9.82 Å². The van der Waals surface area contributed by atoms with Gasteiger partial charge < -0.3 is 0 Å². The Kier molecular flexibility index (Phi) is 4.10. The van der Waals surface area contributed by atoms with Crippen LogP contribution in [0.15, 0.2) is 83.8 Å².